The van der Waals surface area contributed by atoms with Crippen LogP contribution in [0.4, 0.5) is 5.95 Å². The van der Waals surface area contributed by atoms with Crippen molar-refractivity contribution in [3.63, 3.8) is 0 Å². The monoisotopic (exact) mass is 444 g/mol. The minimum atomic E-state index is -0.199. The zero-order chi connectivity index (χ0) is 23.0. The molecular formula is C26H28N4O3. The molecule has 0 bridgehead atoms. The summed E-state index contributed by atoms with van der Waals surface area (Å²) >= 11 is 0. The van der Waals surface area contributed by atoms with E-state index in [4.69, 9.17) is 4.74 Å². The minimum Gasteiger partial charge on any atom is -0.382 e. The number of amides is 2. The van der Waals surface area contributed by atoms with Crippen LogP contribution in [-0.4, -0.2) is 41.1 Å². The quantitative estimate of drug-likeness (QED) is 0.356. The first-order chi connectivity index (χ1) is 16.2. The van der Waals surface area contributed by atoms with Crippen molar-refractivity contribution in [2.45, 2.75) is 26.3 Å². The van der Waals surface area contributed by atoms with Crippen molar-refractivity contribution < 1.29 is 14.3 Å². The molecule has 0 saturated heterocycles. The highest BCUT2D eigenvalue weighted by Gasteiger charge is 2.14. The Morgan fingerprint density at radius 2 is 1.79 bits per heavy atom. The highest BCUT2D eigenvalue weighted by molar-refractivity contribution is 5.99. The van der Waals surface area contributed by atoms with E-state index in [1.54, 1.807) is 6.07 Å². The van der Waals surface area contributed by atoms with Crippen LogP contribution in [0.5, 0.6) is 0 Å². The molecule has 4 aromatic rings. The van der Waals surface area contributed by atoms with Crippen LogP contribution >= 0.6 is 0 Å². The van der Waals surface area contributed by atoms with Gasteiger partial charge in [0.15, 0.2) is 0 Å². The normalized spacial score (nSPS) is 11.1. The molecule has 1 aromatic heterocycles. The number of imidazole rings is 1. The van der Waals surface area contributed by atoms with Gasteiger partial charge < -0.3 is 14.6 Å². The Hall–Kier alpha value is -3.71. The van der Waals surface area contributed by atoms with Gasteiger partial charge in [-0.3, -0.25) is 14.9 Å². The summed E-state index contributed by atoms with van der Waals surface area (Å²) in [6.45, 7) is 4.23. The lowest BCUT2D eigenvalue weighted by atomic mass is 10.1. The standard InChI is InChI=1S/C26H28N4O3/c1-2-33-17-7-16-30-23-11-6-5-10-22(23)28-26(30)29-24(31)14-15-27-25(32)21-13-12-19-8-3-4-9-20(19)18-21/h3-6,8-13,18H,2,7,14-17H2,1H3,(H,27,32)(H,28,29,31). The molecule has 2 amide bonds. The van der Waals surface area contributed by atoms with Crippen LogP contribution in [0.3, 0.4) is 0 Å². The number of benzene rings is 3. The lowest BCUT2D eigenvalue weighted by Crippen LogP contribution is -2.28. The summed E-state index contributed by atoms with van der Waals surface area (Å²) in [5.74, 6) is 0.116. The number of anilines is 1. The molecule has 1 heterocycles. The van der Waals surface area contributed by atoms with Crippen molar-refractivity contribution in [2.75, 3.05) is 25.1 Å². The van der Waals surface area contributed by atoms with Gasteiger partial charge in [-0.15, -0.1) is 0 Å². The number of hydrogen-bond acceptors (Lipinski definition) is 4. The van der Waals surface area contributed by atoms with Crippen molar-refractivity contribution >= 4 is 39.6 Å². The Kier molecular flexibility index (Phi) is 7.32. The van der Waals surface area contributed by atoms with Gasteiger partial charge in [0.25, 0.3) is 5.91 Å². The van der Waals surface area contributed by atoms with Crippen molar-refractivity contribution in [3.05, 3.63) is 72.3 Å². The maximum atomic E-state index is 12.6. The molecule has 7 heteroatoms. The van der Waals surface area contributed by atoms with Crippen molar-refractivity contribution in [3.8, 4) is 0 Å². The van der Waals surface area contributed by atoms with E-state index in [9.17, 15) is 9.59 Å². The highest BCUT2D eigenvalue weighted by Crippen LogP contribution is 2.20. The molecule has 0 aliphatic rings. The van der Waals surface area contributed by atoms with Gasteiger partial charge in [-0.25, -0.2) is 4.98 Å². The summed E-state index contributed by atoms with van der Waals surface area (Å²) < 4.78 is 7.44. The second-order valence-corrected chi connectivity index (χ2v) is 7.74. The van der Waals surface area contributed by atoms with E-state index in [0.29, 0.717) is 31.3 Å². The summed E-state index contributed by atoms with van der Waals surface area (Å²) in [6.07, 6.45) is 0.973. The molecule has 0 aliphatic heterocycles. The van der Waals surface area contributed by atoms with Gasteiger partial charge in [0.1, 0.15) is 0 Å². The molecule has 0 atom stereocenters. The molecular weight excluding hydrogens is 416 g/mol. The molecule has 4 rings (SSSR count). The lowest BCUT2D eigenvalue weighted by Gasteiger charge is -2.11. The number of carbonyl (C=O) groups excluding carboxylic acids is 2. The Morgan fingerprint density at radius 3 is 2.64 bits per heavy atom. The third kappa shape index (κ3) is 5.56. The Labute approximate surface area is 192 Å². The van der Waals surface area contributed by atoms with Crippen molar-refractivity contribution in [2.24, 2.45) is 0 Å². The van der Waals surface area contributed by atoms with Gasteiger partial charge in [0, 0.05) is 38.3 Å². The van der Waals surface area contributed by atoms with E-state index in [1.165, 1.54) is 0 Å². The van der Waals surface area contributed by atoms with E-state index in [-0.39, 0.29) is 24.8 Å². The molecule has 0 saturated carbocycles. The maximum Gasteiger partial charge on any atom is 0.251 e. The smallest absolute Gasteiger partial charge is 0.251 e. The minimum absolute atomic E-state index is 0.154. The fourth-order valence-electron chi connectivity index (χ4n) is 3.78. The fourth-order valence-corrected chi connectivity index (χ4v) is 3.78. The summed E-state index contributed by atoms with van der Waals surface area (Å²) in [5.41, 5.74) is 2.37. The van der Waals surface area contributed by atoms with E-state index in [1.807, 2.05) is 72.2 Å². The van der Waals surface area contributed by atoms with E-state index in [2.05, 4.69) is 15.6 Å². The molecule has 33 heavy (non-hydrogen) atoms. The number of aromatic nitrogens is 2. The second-order valence-electron chi connectivity index (χ2n) is 7.74. The van der Waals surface area contributed by atoms with Crippen molar-refractivity contribution in [1.82, 2.24) is 14.9 Å². The number of nitrogens with zero attached hydrogens (tertiary/aromatic N) is 2. The number of carbonyl (C=O) groups is 2. The molecule has 7 nitrogen and oxygen atoms in total. The molecule has 0 aliphatic carbocycles. The molecule has 170 valence electrons. The number of nitrogens with one attached hydrogen (secondary N) is 2. The molecule has 0 spiro atoms. The van der Waals surface area contributed by atoms with Gasteiger partial charge in [0.2, 0.25) is 11.9 Å². The van der Waals surface area contributed by atoms with Crippen molar-refractivity contribution in [1.29, 1.82) is 0 Å². The Balaban J connectivity index is 1.34. The predicted octanol–water partition coefficient (Wildman–Crippen LogP) is 4.37. The molecule has 0 radical (unpaired) electrons. The van der Waals surface area contributed by atoms with Gasteiger partial charge >= 0.3 is 0 Å². The van der Waals surface area contributed by atoms with E-state index >= 15 is 0 Å². The van der Waals surface area contributed by atoms with Gasteiger partial charge in [-0.05, 0) is 48.4 Å². The average Bonchev–Trinajstić information content (AvgIpc) is 3.18. The summed E-state index contributed by atoms with van der Waals surface area (Å²) in [6, 6.07) is 21.3. The largest absolute Gasteiger partial charge is 0.382 e. The number of aryl methyl sites for hydroxylation is 1. The first-order valence-electron chi connectivity index (χ1n) is 11.3. The van der Waals surface area contributed by atoms with E-state index in [0.717, 1.165) is 28.2 Å². The van der Waals surface area contributed by atoms with Crippen LogP contribution in [0.25, 0.3) is 21.8 Å². The first kappa shape index (κ1) is 22.5. The molecule has 3 aromatic carbocycles. The highest BCUT2D eigenvalue weighted by atomic mass is 16.5. The summed E-state index contributed by atoms with van der Waals surface area (Å²) in [7, 11) is 0. The lowest BCUT2D eigenvalue weighted by molar-refractivity contribution is -0.116. The predicted molar refractivity (Wildman–Crippen MR) is 130 cm³/mol. The van der Waals surface area contributed by atoms with E-state index < -0.39 is 0 Å². The number of ether oxygens (including phenoxy) is 1. The SMILES string of the molecule is CCOCCCn1c(NC(=O)CCNC(=O)c2ccc3ccccc3c2)nc2ccccc21. The Morgan fingerprint density at radius 1 is 1.00 bits per heavy atom. The summed E-state index contributed by atoms with van der Waals surface area (Å²) in [4.78, 5) is 29.6. The number of hydrogen-bond donors (Lipinski definition) is 2. The second kappa shape index (κ2) is 10.7. The third-order valence-electron chi connectivity index (χ3n) is 5.43. The number of fused-ring (bicyclic) bond motifs is 2. The molecule has 0 unspecified atom stereocenters. The van der Waals surface area contributed by atoms with Gasteiger partial charge in [-0.1, -0.05) is 42.5 Å². The van der Waals surface area contributed by atoms with Crippen LogP contribution in [0.15, 0.2) is 66.7 Å². The van der Waals surface area contributed by atoms with Crippen LogP contribution in [0.1, 0.15) is 30.1 Å². The van der Waals surface area contributed by atoms with Crippen LogP contribution in [0.2, 0.25) is 0 Å². The molecule has 2 N–H and O–H groups in total. The molecule has 0 fully saturated rings. The van der Waals surface area contributed by atoms with Crippen LogP contribution < -0.4 is 10.6 Å². The fraction of sp³-hybridized carbons (Fsp3) is 0.269. The summed E-state index contributed by atoms with van der Waals surface area (Å²) in [5, 5.41) is 7.81. The van der Waals surface area contributed by atoms with Gasteiger partial charge in [-0.2, -0.15) is 0 Å². The van der Waals surface area contributed by atoms with Crippen LogP contribution in [0, 0.1) is 0 Å². The number of rotatable bonds is 10. The Bertz CT molecular complexity index is 1260. The topological polar surface area (TPSA) is 85.2 Å². The third-order valence-corrected chi connectivity index (χ3v) is 5.43. The maximum absolute atomic E-state index is 12.6. The zero-order valence-corrected chi connectivity index (χ0v) is 18.7. The zero-order valence-electron chi connectivity index (χ0n) is 18.7. The first-order valence-corrected chi connectivity index (χ1v) is 11.3. The van der Waals surface area contributed by atoms with Crippen LogP contribution in [-0.2, 0) is 16.1 Å². The average molecular weight is 445 g/mol. The number of para-hydroxylation sites is 2. The van der Waals surface area contributed by atoms with Gasteiger partial charge in [0.05, 0.1) is 11.0 Å².